The molecule has 1 saturated carbocycles. The number of hydrogen-bond acceptors (Lipinski definition) is 4. The summed E-state index contributed by atoms with van der Waals surface area (Å²) in [5, 5.41) is 15.7. The van der Waals surface area contributed by atoms with Crippen molar-refractivity contribution in [2.45, 2.75) is 65.5 Å². The number of amides is 3. The Balaban J connectivity index is 1.75. The van der Waals surface area contributed by atoms with Gasteiger partial charge in [0.1, 0.15) is 5.82 Å². The molecule has 0 spiro atoms. The smallest absolute Gasteiger partial charge is 0.254 e. The lowest BCUT2D eigenvalue weighted by Crippen LogP contribution is -2.40. The normalized spacial score (nSPS) is 16.4. The predicted octanol–water partition coefficient (Wildman–Crippen LogP) is 4.07. The molecule has 0 atom stereocenters. The Morgan fingerprint density at radius 2 is 1.65 bits per heavy atom. The van der Waals surface area contributed by atoms with Gasteiger partial charge in [-0.05, 0) is 79.0 Å². The summed E-state index contributed by atoms with van der Waals surface area (Å²) in [6.07, 6.45) is 2.31. The van der Waals surface area contributed by atoms with E-state index in [0.29, 0.717) is 54.7 Å². The van der Waals surface area contributed by atoms with Crippen LogP contribution in [0.3, 0.4) is 0 Å². The molecule has 1 aliphatic heterocycles. The largest absolute Gasteiger partial charge is 0.393 e. The topological polar surface area (TPSA) is 98.7 Å². The van der Waals surface area contributed by atoms with Gasteiger partial charge in [0.05, 0.1) is 6.10 Å². The van der Waals surface area contributed by atoms with Crippen LogP contribution in [0.1, 0.15) is 83.1 Å². The van der Waals surface area contributed by atoms with Gasteiger partial charge in [0.25, 0.3) is 17.7 Å². The summed E-state index contributed by atoms with van der Waals surface area (Å²) in [4.78, 5) is 41.0. The molecule has 1 saturated heterocycles. The molecule has 2 aromatic rings. The molecular formula is C29H36FN3O4. The Labute approximate surface area is 217 Å². The number of nitrogens with one attached hydrogen (secondary N) is 2. The van der Waals surface area contributed by atoms with Gasteiger partial charge in [-0.2, -0.15) is 0 Å². The van der Waals surface area contributed by atoms with Gasteiger partial charge < -0.3 is 20.6 Å². The number of likely N-dealkylation sites (tertiary alicyclic amines) is 1. The molecule has 0 radical (unpaired) electrons. The zero-order chi connectivity index (χ0) is 26.9. The van der Waals surface area contributed by atoms with Crippen molar-refractivity contribution in [3.05, 3.63) is 58.4 Å². The summed E-state index contributed by atoms with van der Waals surface area (Å²) < 4.78 is 15.0. The highest BCUT2D eigenvalue weighted by molar-refractivity contribution is 6.05. The van der Waals surface area contributed by atoms with Gasteiger partial charge in [0.2, 0.25) is 0 Å². The number of hydrogen-bond donors (Lipinski definition) is 3. The Bertz CT molecular complexity index is 1210. The fourth-order valence-corrected chi connectivity index (χ4v) is 4.37. The van der Waals surface area contributed by atoms with Crippen LogP contribution in [-0.4, -0.2) is 59.5 Å². The number of carbonyl (C=O) groups excluding carboxylic acids is 3. The number of nitrogens with zero attached hydrogens (tertiary/aromatic N) is 1. The summed E-state index contributed by atoms with van der Waals surface area (Å²) in [7, 11) is 0. The summed E-state index contributed by atoms with van der Waals surface area (Å²) >= 11 is 0. The molecule has 37 heavy (non-hydrogen) atoms. The first-order chi connectivity index (χ1) is 17.4. The highest BCUT2D eigenvalue weighted by Crippen LogP contribution is 2.32. The first kappa shape index (κ1) is 26.8. The van der Waals surface area contributed by atoms with E-state index < -0.39 is 11.9 Å². The van der Waals surface area contributed by atoms with Crippen LogP contribution in [0.4, 0.5) is 4.39 Å². The van der Waals surface area contributed by atoms with E-state index in [-0.39, 0.29) is 40.3 Å². The van der Waals surface area contributed by atoms with Crippen LogP contribution < -0.4 is 10.6 Å². The molecule has 1 aliphatic carbocycles. The van der Waals surface area contributed by atoms with Gasteiger partial charge >= 0.3 is 0 Å². The Kier molecular flexibility index (Phi) is 7.69. The molecule has 3 N–H and O–H groups in total. The van der Waals surface area contributed by atoms with Crippen LogP contribution in [0, 0.1) is 18.2 Å². The van der Waals surface area contributed by atoms with Crippen molar-refractivity contribution >= 4 is 17.7 Å². The third-order valence-corrected chi connectivity index (χ3v) is 6.85. The van der Waals surface area contributed by atoms with Crippen LogP contribution in [-0.2, 0) is 0 Å². The van der Waals surface area contributed by atoms with Gasteiger partial charge in [-0.3, -0.25) is 14.4 Å². The fraction of sp³-hybridized carbons (Fsp3) is 0.483. The van der Waals surface area contributed by atoms with E-state index in [1.807, 2.05) is 20.8 Å². The van der Waals surface area contributed by atoms with Crippen LogP contribution in [0.5, 0.6) is 0 Å². The lowest BCUT2D eigenvalue weighted by Gasteiger charge is -2.30. The summed E-state index contributed by atoms with van der Waals surface area (Å²) in [5.41, 5.74) is 1.88. The van der Waals surface area contributed by atoms with Crippen molar-refractivity contribution in [2.75, 3.05) is 19.6 Å². The third-order valence-electron chi connectivity index (χ3n) is 6.85. The molecular weight excluding hydrogens is 473 g/mol. The average molecular weight is 510 g/mol. The number of rotatable bonds is 6. The maximum atomic E-state index is 15.0. The van der Waals surface area contributed by atoms with Crippen molar-refractivity contribution in [3.8, 4) is 11.1 Å². The van der Waals surface area contributed by atoms with E-state index in [9.17, 15) is 19.5 Å². The van der Waals surface area contributed by atoms with Gasteiger partial charge in [0, 0.05) is 42.4 Å². The third kappa shape index (κ3) is 6.55. The lowest BCUT2D eigenvalue weighted by molar-refractivity contribution is 0.0547. The molecule has 8 heteroatoms. The van der Waals surface area contributed by atoms with Crippen molar-refractivity contribution in [1.82, 2.24) is 15.5 Å². The van der Waals surface area contributed by atoms with E-state index in [2.05, 4.69) is 10.6 Å². The molecule has 1 heterocycles. The quantitative estimate of drug-likeness (QED) is 0.547. The summed E-state index contributed by atoms with van der Waals surface area (Å²) in [6.45, 7) is 8.89. The highest BCUT2D eigenvalue weighted by atomic mass is 19.1. The standard InChI is InChI=1S/C29H36FN3O4/c1-17-23(14-19(15-25(17)30)27(36)32-20-6-7-20)22-8-5-18(26(35)31-16-29(2,3)4)13-24(22)28(37)33-11-9-21(34)10-12-33/h5,8,13-15,20-21,34H,6-7,9-12,16H2,1-4H3,(H,31,35)(H,32,36). The first-order valence-electron chi connectivity index (χ1n) is 12.9. The van der Waals surface area contributed by atoms with Crippen LogP contribution in [0.2, 0.25) is 0 Å². The number of carbonyl (C=O) groups is 3. The van der Waals surface area contributed by atoms with Gasteiger partial charge in [0.15, 0.2) is 0 Å². The van der Waals surface area contributed by atoms with E-state index >= 15 is 4.39 Å². The second-order valence-corrected chi connectivity index (χ2v) is 11.4. The average Bonchev–Trinajstić information content (AvgIpc) is 3.67. The zero-order valence-corrected chi connectivity index (χ0v) is 22.0. The van der Waals surface area contributed by atoms with Gasteiger partial charge in [-0.25, -0.2) is 4.39 Å². The van der Waals surface area contributed by atoms with E-state index in [1.165, 1.54) is 6.07 Å². The molecule has 2 aromatic carbocycles. The highest BCUT2D eigenvalue weighted by Gasteiger charge is 2.28. The molecule has 198 valence electrons. The number of halogens is 1. The predicted molar refractivity (Wildman–Crippen MR) is 140 cm³/mol. The molecule has 0 bridgehead atoms. The molecule has 3 amide bonds. The van der Waals surface area contributed by atoms with Crippen LogP contribution in [0.15, 0.2) is 30.3 Å². The number of aliphatic hydroxyl groups is 1. The molecule has 0 unspecified atom stereocenters. The Morgan fingerprint density at radius 1 is 0.973 bits per heavy atom. The van der Waals surface area contributed by atoms with Crippen molar-refractivity contribution in [2.24, 2.45) is 5.41 Å². The molecule has 0 aromatic heterocycles. The Hall–Kier alpha value is -3.26. The number of aliphatic hydroxyl groups excluding tert-OH is 1. The molecule has 2 fully saturated rings. The maximum absolute atomic E-state index is 15.0. The molecule has 4 rings (SSSR count). The van der Waals surface area contributed by atoms with Crippen molar-refractivity contribution < 1.29 is 23.9 Å². The van der Waals surface area contributed by atoms with E-state index in [0.717, 1.165) is 12.8 Å². The molecule has 7 nitrogen and oxygen atoms in total. The summed E-state index contributed by atoms with van der Waals surface area (Å²) in [5.74, 6) is -1.48. The maximum Gasteiger partial charge on any atom is 0.254 e. The second-order valence-electron chi connectivity index (χ2n) is 11.4. The van der Waals surface area contributed by atoms with Gasteiger partial charge in [-0.1, -0.05) is 26.8 Å². The second kappa shape index (κ2) is 10.6. The zero-order valence-electron chi connectivity index (χ0n) is 22.0. The molecule has 2 aliphatic rings. The minimum Gasteiger partial charge on any atom is -0.393 e. The first-order valence-corrected chi connectivity index (χ1v) is 12.9. The van der Waals surface area contributed by atoms with E-state index in [1.54, 1.807) is 36.1 Å². The van der Waals surface area contributed by atoms with Crippen LogP contribution >= 0.6 is 0 Å². The monoisotopic (exact) mass is 509 g/mol. The minimum absolute atomic E-state index is 0.112. The van der Waals surface area contributed by atoms with E-state index in [4.69, 9.17) is 0 Å². The van der Waals surface area contributed by atoms with Crippen LogP contribution in [0.25, 0.3) is 11.1 Å². The van der Waals surface area contributed by atoms with Gasteiger partial charge in [-0.15, -0.1) is 0 Å². The number of piperidine rings is 1. The lowest BCUT2D eigenvalue weighted by atomic mass is 9.91. The van der Waals surface area contributed by atoms with Crippen molar-refractivity contribution in [3.63, 3.8) is 0 Å². The summed E-state index contributed by atoms with van der Waals surface area (Å²) in [6, 6.07) is 7.79. The SMILES string of the molecule is Cc1c(F)cc(C(=O)NC2CC2)cc1-c1ccc(C(=O)NCC(C)(C)C)cc1C(=O)N1CCC(O)CC1. The van der Waals surface area contributed by atoms with Crippen molar-refractivity contribution in [1.29, 1.82) is 0 Å². The number of benzene rings is 2. The fourth-order valence-electron chi connectivity index (χ4n) is 4.37. The Morgan fingerprint density at radius 3 is 2.27 bits per heavy atom. The minimum atomic E-state index is -0.537.